The Morgan fingerprint density at radius 2 is 2.04 bits per heavy atom. The summed E-state index contributed by atoms with van der Waals surface area (Å²) in [5, 5.41) is 6.48. The first-order valence-electron chi connectivity index (χ1n) is 9.35. The van der Waals surface area contributed by atoms with Gasteiger partial charge in [-0.3, -0.25) is 9.48 Å². The predicted molar refractivity (Wildman–Crippen MR) is 102 cm³/mol. The van der Waals surface area contributed by atoms with Crippen LogP contribution in [0.15, 0.2) is 29.8 Å². The zero-order valence-electron chi connectivity index (χ0n) is 16.0. The van der Waals surface area contributed by atoms with Gasteiger partial charge in [-0.1, -0.05) is 25.7 Å². The van der Waals surface area contributed by atoms with E-state index in [9.17, 15) is 13.2 Å². The van der Waals surface area contributed by atoms with Crippen molar-refractivity contribution in [3.05, 3.63) is 24.8 Å². The van der Waals surface area contributed by atoms with E-state index in [4.69, 9.17) is 0 Å². The summed E-state index contributed by atoms with van der Waals surface area (Å²) in [6.07, 6.45) is 9.90. The van der Waals surface area contributed by atoms with Gasteiger partial charge in [0.2, 0.25) is 5.91 Å². The number of nitrogens with one attached hydrogen (secondary N) is 1. The molecule has 2 heterocycles. The third-order valence-corrected chi connectivity index (χ3v) is 7.18. The average molecular weight is 394 g/mol. The molecule has 1 fully saturated rings. The molecular formula is C18H27N5O3S. The molecule has 0 saturated heterocycles. The monoisotopic (exact) mass is 393 g/mol. The van der Waals surface area contributed by atoms with Gasteiger partial charge in [-0.15, -0.1) is 0 Å². The Morgan fingerprint density at radius 1 is 1.33 bits per heavy atom. The summed E-state index contributed by atoms with van der Waals surface area (Å²) in [4.78, 5) is 17.0. The van der Waals surface area contributed by atoms with Crippen LogP contribution in [0.2, 0.25) is 0 Å². The van der Waals surface area contributed by atoms with E-state index in [0.29, 0.717) is 18.2 Å². The second-order valence-electron chi connectivity index (χ2n) is 7.52. The fraction of sp³-hybridized carbons (Fsp3) is 0.611. The lowest BCUT2D eigenvalue weighted by atomic mass is 9.97. The molecule has 2 aromatic rings. The van der Waals surface area contributed by atoms with E-state index in [1.165, 1.54) is 25.4 Å². The number of sulfone groups is 1. The van der Waals surface area contributed by atoms with Gasteiger partial charge in [0.25, 0.3) is 0 Å². The van der Waals surface area contributed by atoms with Gasteiger partial charge < -0.3 is 9.88 Å². The molecule has 1 aliphatic carbocycles. The predicted octanol–water partition coefficient (Wildman–Crippen LogP) is 2.56. The van der Waals surface area contributed by atoms with Crippen molar-refractivity contribution in [3.8, 4) is 0 Å². The molecule has 27 heavy (non-hydrogen) atoms. The van der Waals surface area contributed by atoms with Crippen molar-refractivity contribution in [3.63, 3.8) is 0 Å². The van der Waals surface area contributed by atoms with Crippen LogP contribution in [0.4, 0.5) is 5.82 Å². The van der Waals surface area contributed by atoms with Crippen molar-refractivity contribution in [1.82, 2.24) is 19.3 Å². The maximum atomic E-state index is 12.9. The largest absolute Gasteiger partial charge is 0.324 e. The summed E-state index contributed by atoms with van der Waals surface area (Å²) in [5.74, 6) is 0.734. The van der Waals surface area contributed by atoms with Crippen LogP contribution < -0.4 is 5.32 Å². The number of carbonyl (C=O) groups is 1. The zero-order chi connectivity index (χ0) is 19.6. The maximum absolute atomic E-state index is 12.9. The van der Waals surface area contributed by atoms with Crippen LogP contribution in [0.5, 0.6) is 0 Å². The maximum Gasteiger partial charge on any atom is 0.248 e. The first kappa shape index (κ1) is 19.6. The molecule has 0 unspecified atom stereocenters. The van der Waals surface area contributed by atoms with Gasteiger partial charge in [0.1, 0.15) is 6.04 Å². The second-order valence-corrected chi connectivity index (χ2v) is 9.97. The summed E-state index contributed by atoms with van der Waals surface area (Å²) < 4.78 is 28.0. The van der Waals surface area contributed by atoms with Gasteiger partial charge in [-0.2, -0.15) is 5.10 Å². The Balaban J connectivity index is 1.85. The zero-order valence-corrected chi connectivity index (χ0v) is 16.8. The molecule has 9 heteroatoms. The second kappa shape index (κ2) is 7.84. The minimum absolute atomic E-state index is 0.0135. The van der Waals surface area contributed by atoms with E-state index >= 15 is 0 Å². The van der Waals surface area contributed by atoms with Gasteiger partial charge in [-0.25, -0.2) is 13.4 Å². The molecule has 1 N–H and O–H groups in total. The van der Waals surface area contributed by atoms with Crippen LogP contribution in [-0.4, -0.2) is 38.9 Å². The van der Waals surface area contributed by atoms with Crippen LogP contribution in [0.1, 0.15) is 52.0 Å². The molecule has 0 bridgehead atoms. The number of hydrogen-bond acceptors (Lipinski definition) is 5. The van der Waals surface area contributed by atoms with Crippen LogP contribution >= 0.6 is 0 Å². The number of amides is 1. The first-order valence-corrected chi connectivity index (χ1v) is 10.9. The molecule has 1 amide bonds. The van der Waals surface area contributed by atoms with Crippen molar-refractivity contribution in [1.29, 1.82) is 0 Å². The molecule has 0 radical (unpaired) electrons. The fourth-order valence-electron chi connectivity index (χ4n) is 3.49. The number of hydrogen-bond donors (Lipinski definition) is 1. The lowest BCUT2D eigenvalue weighted by molar-refractivity contribution is -0.119. The molecule has 1 aliphatic rings. The van der Waals surface area contributed by atoms with Crippen molar-refractivity contribution in [2.75, 3.05) is 5.32 Å². The number of rotatable bonds is 7. The van der Waals surface area contributed by atoms with E-state index in [0.717, 1.165) is 12.8 Å². The Labute approximate surface area is 159 Å². The molecule has 3 rings (SSSR count). The normalized spacial score (nSPS) is 16.7. The molecule has 1 saturated carbocycles. The van der Waals surface area contributed by atoms with Crippen molar-refractivity contribution in [2.45, 2.75) is 62.3 Å². The number of aryl methyl sites for hydroxylation is 1. The average Bonchev–Trinajstić information content (AvgIpc) is 3.34. The summed E-state index contributed by atoms with van der Waals surface area (Å²) in [6, 6.07) is 1.21. The highest BCUT2D eigenvalue weighted by Gasteiger charge is 2.29. The Hall–Kier alpha value is -2.16. The topological polar surface area (TPSA) is 98.9 Å². The summed E-state index contributed by atoms with van der Waals surface area (Å²) in [7, 11) is -1.70. The third kappa shape index (κ3) is 4.40. The molecule has 0 aromatic carbocycles. The van der Waals surface area contributed by atoms with E-state index in [1.54, 1.807) is 42.4 Å². The van der Waals surface area contributed by atoms with Crippen LogP contribution in [-0.2, 0) is 21.7 Å². The number of anilines is 1. The van der Waals surface area contributed by atoms with Crippen LogP contribution in [0.25, 0.3) is 0 Å². The van der Waals surface area contributed by atoms with E-state index in [-0.39, 0.29) is 10.9 Å². The first-order chi connectivity index (χ1) is 12.8. The van der Waals surface area contributed by atoms with Crippen molar-refractivity contribution in [2.24, 2.45) is 13.0 Å². The number of imidazole rings is 1. The molecule has 0 aliphatic heterocycles. The summed E-state index contributed by atoms with van der Waals surface area (Å²) in [6.45, 7) is 3.25. The number of nitrogens with zero attached hydrogens (tertiary/aromatic N) is 4. The highest BCUT2D eigenvalue weighted by molar-refractivity contribution is 7.91. The summed E-state index contributed by atoms with van der Waals surface area (Å²) in [5.41, 5.74) is 0. The Bertz CT molecular complexity index is 894. The van der Waals surface area contributed by atoms with Gasteiger partial charge >= 0.3 is 0 Å². The van der Waals surface area contributed by atoms with Crippen molar-refractivity contribution >= 4 is 21.6 Å². The highest BCUT2D eigenvalue weighted by atomic mass is 32.2. The van der Waals surface area contributed by atoms with E-state index in [2.05, 4.69) is 15.4 Å². The van der Waals surface area contributed by atoms with Crippen LogP contribution in [0.3, 0.4) is 0 Å². The van der Waals surface area contributed by atoms with Gasteiger partial charge in [-0.05, 0) is 26.2 Å². The Morgan fingerprint density at radius 3 is 2.63 bits per heavy atom. The SMILES string of the molecule is CC(C)S(=O)(=O)c1cn([C@@H](CC2CCCC2)C(=O)Nc2ccn(C)n2)cn1. The van der Waals surface area contributed by atoms with Gasteiger partial charge in [0.05, 0.1) is 11.6 Å². The molecule has 1 atom stereocenters. The van der Waals surface area contributed by atoms with Crippen molar-refractivity contribution < 1.29 is 13.2 Å². The molecule has 148 valence electrons. The fourth-order valence-corrected chi connectivity index (χ4v) is 4.44. The molecular weight excluding hydrogens is 366 g/mol. The van der Waals surface area contributed by atoms with Gasteiger partial charge in [0, 0.05) is 25.5 Å². The summed E-state index contributed by atoms with van der Waals surface area (Å²) >= 11 is 0. The standard InChI is InChI=1S/C18H27N5O3S/c1-13(2)27(25,26)17-11-23(12-19-17)15(10-14-6-4-5-7-14)18(24)20-16-8-9-22(3)21-16/h8-9,11-15H,4-7,10H2,1-3H3,(H,20,21,24)/t15-/m0/s1. The quantitative estimate of drug-likeness (QED) is 0.779. The van der Waals surface area contributed by atoms with E-state index < -0.39 is 21.1 Å². The molecule has 2 aromatic heterocycles. The highest BCUT2D eigenvalue weighted by Crippen LogP contribution is 2.33. The lowest BCUT2D eigenvalue weighted by Gasteiger charge is -2.20. The van der Waals surface area contributed by atoms with E-state index in [1.807, 2.05) is 0 Å². The number of carbonyl (C=O) groups excluding carboxylic acids is 1. The third-order valence-electron chi connectivity index (χ3n) is 5.15. The van der Waals surface area contributed by atoms with Gasteiger partial charge in [0.15, 0.2) is 20.7 Å². The number of aromatic nitrogens is 4. The molecule has 8 nitrogen and oxygen atoms in total. The Kier molecular flexibility index (Phi) is 5.69. The minimum atomic E-state index is -3.48. The smallest absolute Gasteiger partial charge is 0.248 e. The minimum Gasteiger partial charge on any atom is -0.324 e. The van der Waals surface area contributed by atoms with Crippen LogP contribution in [0, 0.1) is 5.92 Å². The lowest BCUT2D eigenvalue weighted by Crippen LogP contribution is -2.27. The molecule has 0 spiro atoms.